The minimum atomic E-state index is -3.57. The summed E-state index contributed by atoms with van der Waals surface area (Å²) < 4.78 is 27.3. The van der Waals surface area contributed by atoms with Gasteiger partial charge in [-0.15, -0.1) is 0 Å². The molecule has 0 spiro atoms. The van der Waals surface area contributed by atoms with Crippen LogP contribution in [0.3, 0.4) is 0 Å². The highest BCUT2D eigenvalue weighted by Crippen LogP contribution is 2.37. The normalized spacial score (nSPS) is 23.5. The summed E-state index contributed by atoms with van der Waals surface area (Å²) in [5, 5.41) is 2.91. The van der Waals surface area contributed by atoms with Gasteiger partial charge in [0, 0.05) is 24.5 Å². The predicted molar refractivity (Wildman–Crippen MR) is 79.1 cm³/mol. The van der Waals surface area contributed by atoms with Crippen LogP contribution in [0.5, 0.6) is 0 Å². The van der Waals surface area contributed by atoms with Crippen LogP contribution in [-0.2, 0) is 10.0 Å². The minimum absolute atomic E-state index is 0.00164. The Kier molecular flexibility index (Phi) is 4.37. The summed E-state index contributed by atoms with van der Waals surface area (Å²) in [6.45, 7) is 2.55. The standard InChI is InChI=1S/C12H19N3O2S2/c1-12(6-4-8-18-12)9-15-19(16,17)11-10(13-2)5-3-7-14-11/h3,5,7,13,15H,4,6,8-9H2,1-2H3. The molecule has 1 aliphatic heterocycles. The van der Waals surface area contributed by atoms with Crippen LogP contribution in [0.15, 0.2) is 23.4 Å². The summed E-state index contributed by atoms with van der Waals surface area (Å²) in [6.07, 6.45) is 3.68. The first-order valence-corrected chi connectivity index (χ1v) is 8.70. The molecule has 1 fully saturated rings. The summed E-state index contributed by atoms with van der Waals surface area (Å²) in [7, 11) is -1.88. The van der Waals surface area contributed by atoms with E-state index in [-0.39, 0.29) is 9.77 Å². The number of pyridine rings is 1. The van der Waals surface area contributed by atoms with Crippen LogP contribution in [0.4, 0.5) is 5.69 Å². The fourth-order valence-electron chi connectivity index (χ4n) is 2.09. The van der Waals surface area contributed by atoms with Crippen molar-refractivity contribution in [1.29, 1.82) is 0 Å². The van der Waals surface area contributed by atoms with Gasteiger partial charge in [0.1, 0.15) is 0 Å². The summed E-state index contributed by atoms with van der Waals surface area (Å²) in [6, 6.07) is 3.41. The minimum Gasteiger partial charge on any atom is -0.386 e. The SMILES string of the molecule is CNc1cccnc1S(=O)(=O)NCC1(C)CCCS1. The highest BCUT2D eigenvalue weighted by molar-refractivity contribution is 8.01. The number of nitrogens with zero attached hydrogens (tertiary/aromatic N) is 1. The van der Waals surface area contributed by atoms with Crippen LogP contribution in [0.25, 0.3) is 0 Å². The molecular formula is C12H19N3O2S2. The lowest BCUT2D eigenvalue weighted by molar-refractivity contribution is 0.550. The van der Waals surface area contributed by atoms with E-state index < -0.39 is 10.0 Å². The molecule has 2 heterocycles. The highest BCUT2D eigenvalue weighted by atomic mass is 32.2. The third kappa shape index (κ3) is 3.40. The zero-order valence-corrected chi connectivity index (χ0v) is 12.8. The predicted octanol–water partition coefficient (Wildman–Crippen LogP) is 1.69. The Bertz CT molecular complexity index is 540. The Morgan fingerprint density at radius 3 is 2.95 bits per heavy atom. The second-order valence-corrected chi connectivity index (χ2v) is 8.20. The number of aromatic nitrogens is 1. The second kappa shape index (κ2) is 5.68. The molecule has 1 aliphatic rings. The van der Waals surface area contributed by atoms with Gasteiger partial charge in [0.25, 0.3) is 10.0 Å². The maximum absolute atomic E-state index is 12.3. The number of anilines is 1. The van der Waals surface area contributed by atoms with Gasteiger partial charge in [-0.25, -0.2) is 18.1 Å². The average molecular weight is 301 g/mol. The maximum Gasteiger partial charge on any atom is 0.260 e. The van der Waals surface area contributed by atoms with Crippen molar-refractivity contribution in [2.45, 2.75) is 29.5 Å². The molecule has 1 unspecified atom stereocenters. The molecule has 0 saturated carbocycles. The van der Waals surface area contributed by atoms with Gasteiger partial charge >= 0.3 is 0 Å². The topological polar surface area (TPSA) is 71.1 Å². The van der Waals surface area contributed by atoms with Gasteiger partial charge in [-0.3, -0.25) is 0 Å². The molecule has 2 rings (SSSR count). The number of thioether (sulfide) groups is 1. The number of hydrogen-bond donors (Lipinski definition) is 2. The third-order valence-corrected chi connectivity index (χ3v) is 6.13. The smallest absolute Gasteiger partial charge is 0.260 e. The van der Waals surface area contributed by atoms with Gasteiger partial charge in [-0.2, -0.15) is 11.8 Å². The highest BCUT2D eigenvalue weighted by Gasteiger charge is 2.31. The number of sulfonamides is 1. The lowest BCUT2D eigenvalue weighted by atomic mass is 10.1. The van der Waals surface area contributed by atoms with Gasteiger partial charge in [0.15, 0.2) is 5.03 Å². The molecule has 7 heteroatoms. The first kappa shape index (κ1) is 14.6. The van der Waals surface area contributed by atoms with E-state index in [4.69, 9.17) is 0 Å². The van der Waals surface area contributed by atoms with Crippen LogP contribution in [0, 0.1) is 0 Å². The summed E-state index contributed by atoms with van der Waals surface area (Å²) in [5.74, 6) is 1.10. The molecule has 1 aromatic heterocycles. The van der Waals surface area contributed by atoms with Gasteiger partial charge in [0.2, 0.25) is 0 Å². The maximum atomic E-state index is 12.3. The van der Waals surface area contributed by atoms with Crippen molar-refractivity contribution < 1.29 is 8.42 Å². The molecule has 1 atom stereocenters. The molecule has 19 heavy (non-hydrogen) atoms. The molecule has 1 saturated heterocycles. The number of rotatable bonds is 5. The largest absolute Gasteiger partial charge is 0.386 e. The van der Waals surface area contributed by atoms with Crippen molar-refractivity contribution >= 4 is 27.5 Å². The van der Waals surface area contributed by atoms with Crippen molar-refractivity contribution in [2.24, 2.45) is 0 Å². The van der Waals surface area contributed by atoms with Crippen LogP contribution in [0.2, 0.25) is 0 Å². The monoisotopic (exact) mass is 301 g/mol. The number of nitrogens with one attached hydrogen (secondary N) is 2. The second-order valence-electron chi connectivity index (χ2n) is 4.83. The molecule has 0 aromatic carbocycles. The van der Waals surface area contributed by atoms with Crippen molar-refractivity contribution in [1.82, 2.24) is 9.71 Å². The summed E-state index contributed by atoms with van der Waals surface area (Å²) in [4.78, 5) is 3.97. The van der Waals surface area contributed by atoms with E-state index in [1.54, 1.807) is 19.2 Å². The van der Waals surface area contributed by atoms with Crippen molar-refractivity contribution in [2.75, 3.05) is 24.7 Å². The Labute approximate surface area is 118 Å². The Balaban J connectivity index is 2.14. The van der Waals surface area contributed by atoms with E-state index in [1.807, 2.05) is 11.8 Å². The fourth-order valence-corrected chi connectivity index (χ4v) is 4.73. The molecule has 1 aromatic rings. The fraction of sp³-hybridized carbons (Fsp3) is 0.583. The Hall–Kier alpha value is -0.790. The molecule has 106 valence electrons. The summed E-state index contributed by atoms with van der Waals surface area (Å²) >= 11 is 1.83. The van der Waals surface area contributed by atoms with Gasteiger partial charge < -0.3 is 5.32 Å². The molecule has 0 amide bonds. The summed E-state index contributed by atoms with van der Waals surface area (Å²) in [5.41, 5.74) is 0.513. The molecule has 0 aliphatic carbocycles. The van der Waals surface area contributed by atoms with Crippen molar-refractivity contribution in [3.05, 3.63) is 18.3 Å². The lowest BCUT2D eigenvalue weighted by Gasteiger charge is -2.22. The van der Waals surface area contributed by atoms with Gasteiger partial charge in [-0.1, -0.05) is 0 Å². The number of hydrogen-bond acceptors (Lipinski definition) is 5. The molecular weight excluding hydrogens is 282 g/mol. The van der Waals surface area contributed by atoms with Crippen LogP contribution in [0.1, 0.15) is 19.8 Å². The van der Waals surface area contributed by atoms with E-state index in [1.165, 1.54) is 6.20 Å². The Morgan fingerprint density at radius 1 is 1.53 bits per heavy atom. The van der Waals surface area contributed by atoms with E-state index in [0.717, 1.165) is 18.6 Å². The van der Waals surface area contributed by atoms with E-state index >= 15 is 0 Å². The third-order valence-electron chi connectivity index (χ3n) is 3.23. The Morgan fingerprint density at radius 2 is 2.32 bits per heavy atom. The lowest BCUT2D eigenvalue weighted by Crippen LogP contribution is -2.37. The van der Waals surface area contributed by atoms with Crippen LogP contribution >= 0.6 is 11.8 Å². The van der Waals surface area contributed by atoms with Crippen molar-refractivity contribution in [3.63, 3.8) is 0 Å². The van der Waals surface area contributed by atoms with E-state index in [2.05, 4.69) is 21.9 Å². The van der Waals surface area contributed by atoms with Crippen molar-refractivity contribution in [3.8, 4) is 0 Å². The molecule has 5 nitrogen and oxygen atoms in total. The van der Waals surface area contributed by atoms with E-state index in [9.17, 15) is 8.42 Å². The van der Waals surface area contributed by atoms with Gasteiger partial charge in [0.05, 0.1) is 5.69 Å². The molecule has 0 bridgehead atoms. The first-order chi connectivity index (χ1) is 8.97. The average Bonchev–Trinajstić information content (AvgIpc) is 2.84. The molecule has 2 N–H and O–H groups in total. The zero-order valence-electron chi connectivity index (χ0n) is 11.1. The van der Waals surface area contributed by atoms with Gasteiger partial charge in [-0.05, 0) is 37.7 Å². The quantitative estimate of drug-likeness (QED) is 0.866. The molecule has 0 radical (unpaired) electrons. The van der Waals surface area contributed by atoms with E-state index in [0.29, 0.717) is 12.2 Å². The van der Waals surface area contributed by atoms with Crippen LogP contribution in [-0.4, -0.2) is 37.5 Å². The first-order valence-electron chi connectivity index (χ1n) is 6.23. The zero-order chi connectivity index (χ0) is 13.9. The van der Waals surface area contributed by atoms with Crippen LogP contribution < -0.4 is 10.0 Å².